The van der Waals surface area contributed by atoms with Gasteiger partial charge in [-0.2, -0.15) is 0 Å². The molecule has 2 aliphatic carbocycles. The first-order chi connectivity index (χ1) is 27.8. The molecule has 5 rings (SSSR count). The van der Waals surface area contributed by atoms with Crippen molar-refractivity contribution in [2.24, 2.45) is 20.9 Å². The van der Waals surface area contributed by atoms with Crippen molar-refractivity contribution >= 4 is 24.0 Å². The molecule has 2 aliphatic rings. The molecule has 0 saturated carbocycles. The molecule has 3 aromatic rings. The molecule has 1 atom stereocenters. The van der Waals surface area contributed by atoms with Gasteiger partial charge in [-0.15, -0.1) is 12.3 Å². The zero-order valence-electron chi connectivity index (χ0n) is 34.6. The second-order valence-electron chi connectivity index (χ2n) is 13.7. The summed E-state index contributed by atoms with van der Waals surface area (Å²) in [5, 5.41) is 0. The molecule has 3 aromatic carbocycles. The smallest absolute Gasteiger partial charge is 0.161 e. The van der Waals surface area contributed by atoms with E-state index in [1.807, 2.05) is 85.8 Å². The number of hydrogen-bond donors (Lipinski definition) is 0. The Morgan fingerprint density at radius 3 is 2.19 bits per heavy atom. The van der Waals surface area contributed by atoms with Crippen molar-refractivity contribution in [2.45, 2.75) is 66.8 Å². The fourth-order valence-corrected chi connectivity index (χ4v) is 6.31. The van der Waals surface area contributed by atoms with E-state index < -0.39 is 0 Å². The second kappa shape index (κ2) is 26.4. The van der Waals surface area contributed by atoms with Crippen molar-refractivity contribution < 1.29 is 0 Å². The van der Waals surface area contributed by atoms with Crippen LogP contribution in [0.4, 0.5) is 0 Å². The van der Waals surface area contributed by atoms with Gasteiger partial charge in [0.25, 0.3) is 0 Å². The summed E-state index contributed by atoms with van der Waals surface area (Å²) in [5.41, 5.74) is 11.4. The Hall–Kier alpha value is -6.37. The SMILES string of the molecule is C#CC.C=C/C(=C\C=C/C)C(=NCc1ccccc1)N=C(N=C)c1ccccc1.C\C1=C/C=C\C=C\C[C@@H](C)/C=C2/C/C=C\C=C/Cc3ccccc3/C2=C(\C)C1. The Labute approximate surface area is 343 Å². The van der Waals surface area contributed by atoms with Crippen LogP contribution in [0.2, 0.25) is 0 Å². The molecule has 0 aliphatic heterocycles. The van der Waals surface area contributed by atoms with Crippen LogP contribution in [-0.2, 0) is 13.0 Å². The third-order valence-electron chi connectivity index (χ3n) is 8.96. The van der Waals surface area contributed by atoms with Crippen LogP contribution in [0.1, 0.15) is 76.1 Å². The van der Waals surface area contributed by atoms with Gasteiger partial charge in [0.1, 0.15) is 0 Å². The summed E-state index contributed by atoms with van der Waals surface area (Å²) in [6.07, 6.45) is 38.6. The minimum Gasteiger partial charge on any atom is -0.261 e. The first-order valence-corrected chi connectivity index (χ1v) is 19.7. The topological polar surface area (TPSA) is 37.1 Å². The molecule has 0 amide bonds. The van der Waals surface area contributed by atoms with Crippen molar-refractivity contribution in [1.82, 2.24) is 0 Å². The van der Waals surface area contributed by atoms with Gasteiger partial charge in [-0.3, -0.25) is 4.99 Å². The molecule has 3 nitrogen and oxygen atoms in total. The Morgan fingerprint density at radius 1 is 0.860 bits per heavy atom. The van der Waals surface area contributed by atoms with E-state index in [0.29, 0.717) is 24.1 Å². The van der Waals surface area contributed by atoms with Crippen molar-refractivity contribution in [3.05, 3.63) is 221 Å². The summed E-state index contributed by atoms with van der Waals surface area (Å²) in [5.74, 6) is 3.87. The number of terminal acetylenes is 1. The molecular formula is C54H59N3. The normalized spacial score (nSPS) is 21.7. The molecule has 0 bridgehead atoms. The minimum absolute atomic E-state index is 0.510. The lowest BCUT2D eigenvalue weighted by atomic mass is 9.84. The fraction of sp³-hybridized carbons (Fsp3) is 0.204. The van der Waals surface area contributed by atoms with E-state index in [9.17, 15) is 0 Å². The largest absolute Gasteiger partial charge is 0.261 e. The predicted molar refractivity (Wildman–Crippen MR) is 252 cm³/mol. The lowest BCUT2D eigenvalue weighted by Crippen LogP contribution is -2.05. The van der Waals surface area contributed by atoms with E-state index >= 15 is 0 Å². The van der Waals surface area contributed by atoms with Crippen LogP contribution >= 0.6 is 0 Å². The summed E-state index contributed by atoms with van der Waals surface area (Å²) in [7, 11) is 0. The van der Waals surface area contributed by atoms with Crippen LogP contribution in [0.5, 0.6) is 0 Å². The van der Waals surface area contributed by atoms with E-state index in [2.05, 4.69) is 141 Å². The number of benzene rings is 3. The highest BCUT2D eigenvalue weighted by Crippen LogP contribution is 2.36. The van der Waals surface area contributed by atoms with E-state index in [1.165, 1.54) is 33.4 Å². The second-order valence-corrected chi connectivity index (χ2v) is 13.7. The Balaban J connectivity index is 0.000000287. The lowest BCUT2D eigenvalue weighted by Gasteiger charge is -2.21. The number of allylic oxidation sites excluding steroid dienone is 17. The maximum atomic E-state index is 4.70. The first kappa shape index (κ1) is 45.0. The van der Waals surface area contributed by atoms with E-state index in [1.54, 1.807) is 13.0 Å². The van der Waals surface area contributed by atoms with E-state index in [0.717, 1.165) is 42.4 Å². The standard InChI is InChI=1S/C28H32.C23H23N3.C3H4/c1-22-14-8-4-5-9-15-23(2)21-26-18-11-7-6-10-16-25-17-12-13-19-27(25)28(26)24(3)20-22;1-4-6-15-20(5-2)23(25-18-19-13-9-7-10-14-19)26-22(24-3)21-16-11-8-12-17-21;1-3-2/h4-14,17,19,21,23H,15-16,18,20H2,1-3H3;4-17H,2-3,18H2,1H3;1H,2H3/b8-4-,9-5+,10-6-,11-7-,22-14+,26-21-,28-24+;6-4-,20-15+,25-23?,26-22?;/t23-;;/m1../s1. The summed E-state index contributed by atoms with van der Waals surface area (Å²) in [6, 6.07) is 28.7. The van der Waals surface area contributed by atoms with Gasteiger partial charge in [0.2, 0.25) is 0 Å². The molecule has 0 heterocycles. The highest BCUT2D eigenvalue weighted by molar-refractivity contribution is 6.13. The number of hydrogen-bond acceptors (Lipinski definition) is 1. The third kappa shape index (κ3) is 16.1. The van der Waals surface area contributed by atoms with Crippen molar-refractivity contribution in [3.63, 3.8) is 0 Å². The highest BCUT2D eigenvalue weighted by Gasteiger charge is 2.16. The first-order valence-electron chi connectivity index (χ1n) is 19.7. The molecule has 0 radical (unpaired) electrons. The van der Waals surface area contributed by atoms with E-state index in [-0.39, 0.29) is 0 Å². The molecule has 0 spiro atoms. The molecule has 57 heavy (non-hydrogen) atoms. The summed E-state index contributed by atoms with van der Waals surface area (Å²) >= 11 is 0. The molecule has 0 unspecified atom stereocenters. The van der Waals surface area contributed by atoms with Crippen LogP contribution in [0.3, 0.4) is 0 Å². The summed E-state index contributed by atoms with van der Waals surface area (Å²) in [4.78, 5) is 13.5. The zero-order valence-corrected chi connectivity index (χ0v) is 34.6. The Morgan fingerprint density at radius 2 is 1.51 bits per heavy atom. The quantitative estimate of drug-likeness (QED) is 0.104. The number of aliphatic imine (C=N–C) groups is 3. The van der Waals surface area contributed by atoms with Crippen LogP contribution in [-0.4, -0.2) is 18.4 Å². The van der Waals surface area contributed by atoms with Crippen LogP contribution < -0.4 is 0 Å². The van der Waals surface area contributed by atoms with Crippen molar-refractivity contribution in [2.75, 3.05) is 0 Å². The highest BCUT2D eigenvalue weighted by atomic mass is 15.0. The van der Waals surface area contributed by atoms with Gasteiger partial charge in [0.15, 0.2) is 11.7 Å². The van der Waals surface area contributed by atoms with E-state index in [4.69, 9.17) is 4.99 Å². The van der Waals surface area contributed by atoms with Gasteiger partial charge >= 0.3 is 0 Å². The lowest BCUT2D eigenvalue weighted by molar-refractivity contribution is 0.738. The molecule has 0 aromatic heterocycles. The fourth-order valence-electron chi connectivity index (χ4n) is 6.31. The maximum Gasteiger partial charge on any atom is 0.161 e. The predicted octanol–water partition coefficient (Wildman–Crippen LogP) is 14.0. The number of amidine groups is 2. The van der Waals surface area contributed by atoms with Gasteiger partial charge in [-0.1, -0.05) is 195 Å². The summed E-state index contributed by atoms with van der Waals surface area (Å²) < 4.78 is 0. The van der Waals surface area contributed by atoms with Crippen molar-refractivity contribution in [1.29, 1.82) is 0 Å². The van der Waals surface area contributed by atoms with Crippen molar-refractivity contribution in [3.8, 4) is 12.3 Å². The molecule has 0 fully saturated rings. The molecule has 3 heteroatoms. The monoisotopic (exact) mass is 749 g/mol. The van der Waals surface area contributed by atoms with Gasteiger partial charge in [-0.05, 0) is 93.9 Å². The Bertz CT molecular complexity index is 2130. The number of rotatable bonds is 6. The Kier molecular flexibility index (Phi) is 20.9. The van der Waals surface area contributed by atoms with Gasteiger partial charge in [0.05, 0.1) is 6.54 Å². The maximum absolute atomic E-state index is 4.70. The molecule has 0 N–H and O–H groups in total. The summed E-state index contributed by atoms with van der Waals surface area (Å²) in [6.45, 7) is 18.6. The van der Waals surface area contributed by atoms with Crippen LogP contribution in [0, 0.1) is 18.3 Å². The average molecular weight is 750 g/mol. The molecular weight excluding hydrogens is 691 g/mol. The average Bonchev–Trinajstić information content (AvgIpc) is 3.23. The van der Waals surface area contributed by atoms with Gasteiger partial charge in [0, 0.05) is 11.1 Å². The zero-order chi connectivity index (χ0) is 41.1. The van der Waals surface area contributed by atoms with Crippen LogP contribution in [0.15, 0.2) is 214 Å². The number of nitrogens with zero attached hydrogens (tertiary/aromatic N) is 3. The third-order valence-corrected chi connectivity index (χ3v) is 8.96. The van der Waals surface area contributed by atoms with Gasteiger partial charge in [-0.25, -0.2) is 9.98 Å². The van der Waals surface area contributed by atoms with Gasteiger partial charge < -0.3 is 0 Å². The molecule has 0 saturated heterocycles. The molecule has 290 valence electrons. The van der Waals surface area contributed by atoms with Crippen LogP contribution in [0.25, 0.3) is 5.57 Å². The minimum atomic E-state index is 0.510. The number of fused-ring (bicyclic) bond motifs is 3.